The first-order valence-corrected chi connectivity index (χ1v) is 6.25. The Balaban J connectivity index is 3.16. The number of benzene rings is 1. The maximum atomic E-state index is 13.9. The van der Waals surface area contributed by atoms with Gasteiger partial charge in [-0.3, -0.25) is 0 Å². The number of hydrogen-bond donors (Lipinski definition) is 0. The molecule has 0 amide bonds. The zero-order chi connectivity index (χ0) is 12.1. The summed E-state index contributed by atoms with van der Waals surface area (Å²) in [6, 6.07) is 5.37. The molecular formula is C13H19ClFN. The Morgan fingerprint density at radius 3 is 2.56 bits per heavy atom. The number of halogens is 2. The topological polar surface area (TPSA) is 3.24 Å². The first-order chi connectivity index (χ1) is 7.61. The van der Waals surface area contributed by atoms with Crippen molar-refractivity contribution in [1.29, 1.82) is 0 Å². The van der Waals surface area contributed by atoms with Gasteiger partial charge in [0, 0.05) is 18.5 Å². The van der Waals surface area contributed by atoms with Crippen molar-refractivity contribution >= 4 is 17.3 Å². The predicted molar refractivity (Wildman–Crippen MR) is 68.7 cm³/mol. The van der Waals surface area contributed by atoms with Gasteiger partial charge in [0.2, 0.25) is 0 Å². The number of rotatable bonds is 5. The second-order valence-corrected chi connectivity index (χ2v) is 4.44. The average molecular weight is 244 g/mol. The summed E-state index contributed by atoms with van der Waals surface area (Å²) in [6.45, 7) is 7.08. The molecule has 0 spiro atoms. The molecule has 1 aromatic carbocycles. The van der Waals surface area contributed by atoms with E-state index in [9.17, 15) is 4.39 Å². The Morgan fingerprint density at radius 1 is 1.38 bits per heavy atom. The van der Waals surface area contributed by atoms with E-state index in [1.54, 1.807) is 6.07 Å². The summed E-state index contributed by atoms with van der Waals surface area (Å²) in [5.41, 5.74) is 1.53. The first-order valence-electron chi connectivity index (χ1n) is 5.71. The molecule has 0 aliphatic rings. The molecular weight excluding hydrogens is 225 g/mol. The van der Waals surface area contributed by atoms with E-state index in [4.69, 9.17) is 11.6 Å². The highest BCUT2D eigenvalue weighted by molar-refractivity contribution is 6.17. The highest BCUT2D eigenvalue weighted by Crippen LogP contribution is 2.27. The predicted octanol–water partition coefficient (Wildman–Crippen LogP) is 4.19. The van der Waals surface area contributed by atoms with Gasteiger partial charge in [-0.1, -0.05) is 19.1 Å². The van der Waals surface area contributed by atoms with Crippen molar-refractivity contribution in [1.82, 2.24) is 0 Å². The van der Waals surface area contributed by atoms with Crippen LogP contribution in [0.5, 0.6) is 0 Å². The van der Waals surface area contributed by atoms with Gasteiger partial charge >= 0.3 is 0 Å². The third-order valence-electron chi connectivity index (χ3n) is 2.59. The van der Waals surface area contributed by atoms with Crippen LogP contribution < -0.4 is 4.90 Å². The van der Waals surface area contributed by atoms with Crippen molar-refractivity contribution in [3.05, 3.63) is 29.6 Å². The highest BCUT2D eigenvalue weighted by atomic mass is 35.5. The van der Waals surface area contributed by atoms with Crippen LogP contribution >= 0.6 is 11.6 Å². The lowest BCUT2D eigenvalue weighted by Gasteiger charge is -2.30. The smallest absolute Gasteiger partial charge is 0.146 e. The standard InChI is InChI=1S/C13H19ClFN/c1-4-8-16(10(2)3)13-11(9-14)6-5-7-12(13)15/h5-7,10H,4,8-9H2,1-3H3. The fourth-order valence-corrected chi connectivity index (χ4v) is 2.07. The summed E-state index contributed by atoms with van der Waals surface area (Å²) >= 11 is 5.86. The molecule has 0 bridgehead atoms. The maximum absolute atomic E-state index is 13.9. The number of alkyl halides is 1. The van der Waals surface area contributed by atoms with Crippen LogP contribution in [-0.4, -0.2) is 12.6 Å². The van der Waals surface area contributed by atoms with Crippen molar-refractivity contribution in [2.45, 2.75) is 39.1 Å². The Morgan fingerprint density at radius 2 is 2.06 bits per heavy atom. The summed E-state index contributed by atoms with van der Waals surface area (Å²) in [5.74, 6) is 0.167. The van der Waals surface area contributed by atoms with Gasteiger partial charge < -0.3 is 4.90 Å². The van der Waals surface area contributed by atoms with E-state index in [-0.39, 0.29) is 11.9 Å². The van der Waals surface area contributed by atoms with E-state index in [1.165, 1.54) is 6.07 Å². The molecule has 0 atom stereocenters. The molecule has 0 radical (unpaired) electrons. The Hall–Kier alpha value is -0.760. The van der Waals surface area contributed by atoms with Crippen molar-refractivity contribution in [3.8, 4) is 0 Å². The molecule has 1 nitrogen and oxygen atoms in total. The minimum Gasteiger partial charge on any atom is -0.366 e. The van der Waals surface area contributed by atoms with Crippen molar-refractivity contribution < 1.29 is 4.39 Å². The van der Waals surface area contributed by atoms with Gasteiger partial charge in [-0.2, -0.15) is 0 Å². The zero-order valence-corrected chi connectivity index (χ0v) is 10.9. The lowest BCUT2D eigenvalue weighted by molar-refractivity contribution is 0.594. The van der Waals surface area contributed by atoms with E-state index < -0.39 is 0 Å². The Labute approximate surface area is 102 Å². The molecule has 0 aromatic heterocycles. The number of para-hydroxylation sites is 1. The van der Waals surface area contributed by atoms with Crippen LogP contribution in [0.25, 0.3) is 0 Å². The van der Waals surface area contributed by atoms with E-state index in [0.717, 1.165) is 18.5 Å². The van der Waals surface area contributed by atoms with Crippen LogP contribution in [0.1, 0.15) is 32.8 Å². The van der Waals surface area contributed by atoms with E-state index in [2.05, 4.69) is 25.7 Å². The lowest BCUT2D eigenvalue weighted by Crippen LogP contribution is -2.33. The summed E-state index contributed by atoms with van der Waals surface area (Å²) < 4.78 is 13.9. The van der Waals surface area contributed by atoms with Gasteiger partial charge in [0.05, 0.1) is 5.69 Å². The van der Waals surface area contributed by atoms with E-state index in [0.29, 0.717) is 11.6 Å². The van der Waals surface area contributed by atoms with E-state index >= 15 is 0 Å². The van der Waals surface area contributed by atoms with Gasteiger partial charge in [-0.05, 0) is 31.9 Å². The fourth-order valence-electron chi connectivity index (χ4n) is 1.86. The molecule has 0 saturated carbocycles. The number of nitrogens with zero attached hydrogens (tertiary/aromatic N) is 1. The molecule has 0 N–H and O–H groups in total. The summed E-state index contributed by atoms with van der Waals surface area (Å²) in [5, 5.41) is 0. The SMILES string of the molecule is CCCN(c1c(F)cccc1CCl)C(C)C. The minimum absolute atomic E-state index is 0.180. The zero-order valence-electron chi connectivity index (χ0n) is 10.1. The first kappa shape index (κ1) is 13.3. The van der Waals surface area contributed by atoms with Gasteiger partial charge in [0.15, 0.2) is 0 Å². The third kappa shape index (κ3) is 2.88. The quantitative estimate of drug-likeness (QED) is 0.701. The van der Waals surface area contributed by atoms with Crippen molar-refractivity contribution in [3.63, 3.8) is 0 Å². The molecule has 0 saturated heterocycles. The average Bonchev–Trinajstić information content (AvgIpc) is 2.26. The highest BCUT2D eigenvalue weighted by Gasteiger charge is 2.17. The van der Waals surface area contributed by atoms with Crippen LogP contribution in [0, 0.1) is 5.82 Å². The van der Waals surface area contributed by atoms with Crippen LogP contribution in [0.15, 0.2) is 18.2 Å². The normalized spacial score (nSPS) is 10.9. The van der Waals surface area contributed by atoms with Gasteiger partial charge in [-0.15, -0.1) is 11.6 Å². The molecule has 3 heteroatoms. The summed E-state index contributed by atoms with van der Waals surface area (Å²) in [7, 11) is 0. The Bertz CT molecular complexity index is 339. The number of hydrogen-bond acceptors (Lipinski definition) is 1. The molecule has 90 valence electrons. The molecule has 0 heterocycles. The van der Waals surface area contributed by atoms with Crippen LogP contribution in [-0.2, 0) is 5.88 Å². The minimum atomic E-state index is -0.180. The lowest BCUT2D eigenvalue weighted by atomic mass is 10.1. The van der Waals surface area contributed by atoms with Crippen LogP contribution in [0.4, 0.5) is 10.1 Å². The van der Waals surface area contributed by atoms with Gasteiger partial charge in [0.1, 0.15) is 5.82 Å². The van der Waals surface area contributed by atoms with E-state index in [1.807, 2.05) is 6.07 Å². The van der Waals surface area contributed by atoms with Crippen molar-refractivity contribution in [2.75, 3.05) is 11.4 Å². The molecule has 0 fully saturated rings. The second kappa shape index (κ2) is 6.09. The second-order valence-electron chi connectivity index (χ2n) is 4.17. The molecule has 0 aliphatic carbocycles. The summed E-state index contributed by atoms with van der Waals surface area (Å²) in [4.78, 5) is 2.08. The summed E-state index contributed by atoms with van der Waals surface area (Å²) in [6.07, 6.45) is 0.994. The van der Waals surface area contributed by atoms with Crippen LogP contribution in [0.2, 0.25) is 0 Å². The molecule has 1 aromatic rings. The van der Waals surface area contributed by atoms with Crippen LogP contribution in [0.3, 0.4) is 0 Å². The Kier molecular flexibility index (Phi) is 5.07. The maximum Gasteiger partial charge on any atom is 0.146 e. The number of anilines is 1. The van der Waals surface area contributed by atoms with Gasteiger partial charge in [0.25, 0.3) is 0 Å². The molecule has 0 aliphatic heterocycles. The fraction of sp³-hybridized carbons (Fsp3) is 0.538. The largest absolute Gasteiger partial charge is 0.366 e. The molecule has 1 rings (SSSR count). The monoisotopic (exact) mass is 243 g/mol. The van der Waals surface area contributed by atoms with Crippen molar-refractivity contribution in [2.24, 2.45) is 0 Å². The third-order valence-corrected chi connectivity index (χ3v) is 2.88. The molecule has 16 heavy (non-hydrogen) atoms. The molecule has 0 unspecified atom stereocenters. The van der Waals surface area contributed by atoms with Gasteiger partial charge in [-0.25, -0.2) is 4.39 Å².